The molecule has 2 N–H and O–H groups in total. The number of hydrogen-bond donors (Lipinski definition) is 2. The van der Waals surface area contributed by atoms with Crippen molar-refractivity contribution in [2.24, 2.45) is 0 Å². The van der Waals surface area contributed by atoms with Crippen LogP contribution in [-0.4, -0.2) is 28.7 Å². The highest BCUT2D eigenvalue weighted by Crippen LogP contribution is 2.28. The number of hydrogen-bond acceptors (Lipinski definition) is 5. The second kappa shape index (κ2) is 6.96. The summed E-state index contributed by atoms with van der Waals surface area (Å²) in [6.45, 7) is 5.23. The van der Waals surface area contributed by atoms with Gasteiger partial charge in [-0.3, -0.25) is 10.1 Å². The fourth-order valence-electron chi connectivity index (χ4n) is 2.36. The fraction of sp³-hybridized carbons (Fsp3) is 0.769. The Balaban J connectivity index is 1.93. The molecule has 1 atom stereocenters. The van der Waals surface area contributed by atoms with E-state index < -0.39 is 0 Å². The number of nitrogens with one attached hydrogen (secondary N) is 2. The first kappa shape index (κ1) is 14.4. The number of carbonyl (C=O) groups is 1. The minimum atomic E-state index is -0.0748. The van der Waals surface area contributed by atoms with E-state index in [2.05, 4.69) is 34.7 Å². The molecular weight excluding hydrogens is 260 g/mol. The standard InChI is InChI=1S/C13H22N4OS/c1-3-9(4-2)12-16-17-13(19-12)15-11(18)10-7-5-6-8-14-10/h9-10,14H,3-8H2,1-2H3,(H,15,17,18). The number of amides is 1. The van der Waals surface area contributed by atoms with Gasteiger partial charge in [0.05, 0.1) is 6.04 Å². The molecule has 2 rings (SSSR count). The van der Waals surface area contributed by atoms with Crippen molar-refractivity contribution in [2.45, 2.75) is 57.9 Å². The summed E-state index contributed by atoms with van der Waals surface area (Å²) >= 11 is 1.50. The Labute approximate surface area is 118 Å². The topological polar surface area (TPSA) is 66.9 Å². The Morgan fingerprint density at radius 1 is 1.42 bits per heavy atom. The largest absolute Gasteiger partial charge is 0.306 e. The predicted octanol–water partition coefficient (Wildman–Crippen LogP) is 2.52. The molecule has 1 aliphatic rings. The molecule has 19 heavy (non-hydrogen) atoms. The summed E-state index contributed by atoms with van der Waals surface area (Å²) in [6, 6.07) is -0.0748. The molecule has 2 heterocycles. The van der Waals surface area contributed by atoms with Crippen molar-refractivity contribution in [3.05, 3.63) is 5.01 Å². The van der Waals surface area contributed by atoms with E-state index in [1.807, 2.05) is 0 Å². The highest BCUT2D eigenvalue weighted by Gasteiger charge is 2.22. The summed E-state index contributed by atoms with van der Waals surface area (Å²) in [7, 11) is 0. The third kappa shape index (κ3) is 3.73. The van der Waals surface area contributed by atoms with Crippen molar-refractivity contribution >= 4 is 22.4 Å². The van der Waals surface area contributed by atoms with Gasteiger partial charge in [-0.1, -0.05) is 31.6 Å². The lowest BCUT2D eigenvalue weighted by Crippen LogP contribution is -2.43. The van der Waals surface area contributed by atoms with Crippen LogP contribution in [0.25, 0.3) is 0 Å². The molecule has 1 unspecified atom stereocenters. The molecule has 0 bridgehead atoms. The van der Waals surface area contributed by atoms with Gasteiger partial charge in [0.1, 0.15) is 5.01 Å². The van der Waals surface area contributed by atoms with Gasteiger partial charge in [0.2, 0.25) is 11.0 Å². The molecule has 0 spiro atoms. The lowest BCUT2D eigenvalue weighted by atomic mass is 10.0. The first-order chi connectivity index (χ1) is 9.24. The Morgan fingerprint density at radius 3 is 2.84 bits per heavy atom. The second-order valence-corrected chi connectivity index (χ2v) is 5.96. The van der Waals surface area contributed by atoms with Gasteiger partial charge in [0.25, 0.3) is 0 Å². The quantitative estimate of drug-likeness (QED) is 0.871. The van der Waals surface area contributed by atoms with Crippen LogP contribution in [0.2, 0.25) is 0 Å². The van der Waals surface area contributed by atoms with E-state index in [4.69, 9.17) is 0 Å². The third-order valence-corrected chi connectivity index (χ3v) is 4.63. The molecule has 0 saturated carbocycles. The lowest BCUT2D eigenvalue weighted by molar-refractivity contribution is -0.118. The van der Waals surface area contributed by atoms with Crippen LogP contribution in [0.1, 0.15) is 56.9 Å². The molecule has 1 amide bonds. The van der Waals surface area contributed by atoms with Gasteiger partial charge in [-0.25, -0.2) is 0 Å². The molecule has 1 aromatic heterocycles. The zero-order valence-corrected chi connectivity index (χ0v) is 12.4. The number of anilines is 1. The third-order valence-electron chi connectivity index (χ3n) is 3.63. The van der Waals surface area contributed by atoms with Crippen molar-refractivity contribution in [1.82, 2.24) is 15.5 Å². The summed E-state index contributed by atoms with van der Waals surface area (Å²) in [5.41, 5.74) is 0. The van der Waals surface area contributed by atoms with E-state index in [1.54, 1.807) is 0 Å². The van der Waals surface area contributed by atoms with E-state index in [0.717, 1.165) is 43.7 Å². The van der Waals surface area contributed by atoms with Crippen LogP contribution < -0.4 is 10.6 Å². The van der Waals surface area contributed by atoms with Crippen molar-refractivity contribution < 1.29 is 4.79 Å². The summed E-state index contributed by atoms with van der Waals surface area (Å²) in [5, 5.41) is 16.0. The van der Waals surface area contributed by atoms with Crippen LogP contribution in [0.15, 0.2) is 0 Å². The van der Waals surface area contributed by atoms with Crippen molar-refractivity contribution in [3.8, 4) is 0 Å². The summed E-state index contributed by atoms with van der Waals surface area (Å²) in [6.07, 6.45) is 5.29. The Morgan fingerprint density at radius 2 is 2.21 bits per heavy atom. The maximum atomic E-state index is 12.1. The Hall–Kier alpha value is -1.01. The van der Waals surface area contributed by atoms with E-state index >= 15 is 0 Å². The average molecular weight is 282 g/mol. The minimum absolute atomic E-state index is 0.0203. The predicted molar refractivity (Wildman–Crippen MR) is 77.5 cm³/mol. The van der Waals surface area contributed by atoms with Crippen LogP contribution in [-0.2, 0) is 4.79 Å². The highest BCUT2D eigenvalue weighted by atomic mass is 32.1. The molecule has 1 aliphatic heterocycles. The number of aromatic nitrogens is 2. The summed E-state index contributed by atoms with van der Waals surface area (Å²) in [5.74, 6) is 0.475. The van der Waals surface area contributed by atoms with Gasteiger partial charge in [-0.2, -0.15) is 0 Å². The zero-order chi connectivity index (χ0) is 13.7. The Kier molecular flexibility index (Phi) is 5.27. The van der Waals surface area contributed by atoms with Crippen LogP contribution in [0.4, 0.5) is 5.13 Å². The van der Waals surface area contributed by atoms with Gasteiger partial charge in [0.15, 0.2) is 0 Å². The van der Waals surface area contributed by atoms with Gasteiger partial charge in [0, 0.05) is 5.92 Å². The van der Waals surface area contributed by atoms with E-state index in [9.17, 15) is 4.79 Å². The van der Waals surface area contributed by atoms with Crippen LogP contribution in [0, 0.1) is 0 Å². The van der Waals surface area contributed by atoms with Crippen molar-refractivity contribution in [2.75, 3.05) is 11.9 Å². The summed E-state index contributed by atoms with van der Waals surface area (Å²) in [4.78, 5) is 12.1. The van der Waals surface area contributed by atoms with E-state index in [1.165, 1.54) is 11.3 Å². The SMILES string of the molecule is CCC(CC)c1nnc(NC(=O)C2CCCCN2)s1. The van der Waals surface area contributed by atoms with Gasteiger partial charge >= 0.3 is 0 Å². The monoisotopic (exact) mass is 282 g/mol. The van der Waals surface area contributed by atoms with Crippen LogP contribution in [0.5, 0.6) is 0 Å². The smallest absolute Gasteiger partial charge is 0.243 e. The average Bonchev–Trinajstić information content (AvgIpc) is 2.89. The van der Waals surface area contributed by atoms with Crippen LogP contribution >= 0.6 is 11.3 Å². The summed E-state index contributed by atoms with van der Waals surface area (Å²) < 4.78 is 0. The fourth-order valence-corrected chi connectivity index (χ4v) is 3.37. The number of piperidine rings is 1. The molecule has 1 saturated heterocycles. The van der Waals surface area contributed by atoms with Crippen LogP contribution in [0.3, 0.4) is 0 Å². The van der Waals surface area contributed by atoms with Crippen molar-refractivity contribution in [1.29, 1.82) is 0 Å². The molecule has 0 aromatic carbocycles. The van der Waals surface area contributed by atoms with Gasteiger partial charge in [-0.05, 0) is 32.2 Å². The second-order valence-electron chi connectivity index (χ2n) is 4.95. The molecule has 6 heteroatoms. The molecular formula is C13H22N4OS. The first-order valence-corrected chi connectivity index (χ1v) is 7.93. The highest BCUT2D eigenvalue weighted by molar-refractivity contribution is 7.15. The Bertz CT molecular complexity index is 411. The molecule has 106 valence electrons. The normalized spacial score (nSPS) is 19.6. The maximum absolute atomic E-state index is 12.1. The number of rotatable bonds is 5. The first-order valence-electron chi connectivity index (χ1n) is 7.12. The molecule has 0 radical (unpaired) electrons. The number of nitrogens with zero attached hydrogens (tertiary/aromatic N) is 2. The lowest BCUT2D eigenvalue weighted by Gasteiger charge is -2.21. The minimum Gasteiger partial charge on any atom is -0.306 e. The molecule has 5 nitrogen and oxygen atoms in total. The number of carbonyl (C=O) groups excluding carboxylic acids is 1. The van der Waals surface area contributed by atoms with E-state index in [-0.39, 0.29) is 11.9 Å². The zero-order valence-electron chi connectivity index (χ0n) is 11.6. The van der Waals surface area contributed by atoms with E-state index in [0.29, 0.717) is 11.0 Å². The van der Waals surface area contributed by atoms with Gasteiger partial charge < -0.3 is 5.32 Å². The molecule has 1 aromatic rings. The molecule has 0 aliphatic carbocycles. The van der Waals surface area contributed by atoms with Crippen molar-refractivity contribution in [3.63, 3.8) is 0 Å². The molecule has 1 fully saturated rings. The maximum Gasteiger partial charge on any atom is 0.243 e. The van der Waals surface area contributed by atoms with Gasteiger partial charge in [-0.15, -0.1) is 10.2 Å².